The Morgan fingerprint density at radius 1 is 1.36 bits per heavy atom. The molecule has 2 aromatic heterocycles. The van der Waals surface area contributed by atoms with E-state index < -0.39 is 0 Å². The van der Waals surface area contributed by atoms with Crippen LogP contribution in [0.15, 0.2) is 42.7 Å². The van der Waals surface area contributed by atoms with E-state index in [-0.39, 0.29) is 11.9 Å². The molecule has 1 aliphatic rings. The maximum Gasteiger partial charge on any atom is 0.251 e. The Labute approximate surface area is 144 Å². The smallest absolute Gasteiger partial charge is 0.251 e. The van der Waals surface area contributed by atoms with Crippen LogP contribution in [-0.4, -0.2) is 40.7 Å². The first-order valence-corrected chi connectivity index (χ1v) is 8.07. The summed E-state index contributed by atoms with van der Waals surface area (Å²) in [5.41, 5.74) is 2.47. The van der Waals surface area contributed by atoms with Crippen LogP contribution in [0.4, 0.5) is 0 Å². The standard InChI is InChI=1S/C18H18N4O3/c1-24-14-2-3-16-15(8-14)21-17-11-25-10-13(22(16)17)9-20-18(23)12-4-6-19-7-5-12/h2-8,13H,9-11H2,1H3,(H,20,23)/t13-/m0/s1. The lowest BCUT2D eigenvalue weighted by atomic mass is 10.2. The first kappa shape index (κ1) is 15.6. The number of rotatable bonds is 4. The van der Waals surface area contributed by atoms with Crippen LogP contribution in [0, 0.1) is 0 Å². The first-order chi connectivity index (χ1) is 12.3. The molecule has 1 amide bonds. The molecule has 1 atom stereocenters. The molecule has 0 radical (unpaired) electrons. The monoisotopic (exact) mass is 338 g/mol. The topological polar surface area (TPSA) is 78.3 Å². The van der Waals surface area contributed by atoms with Crippen molar-refractivity contribution in [3.05, 3.63) is 54.1 Å². The van der Waals surface area contributed by atoms with Crippen molar-refractivity contribution in [2.24, 2.45) is 0 Å². The number of aromatic nitrogens is 3. The van der Waals surface area contributed by atoms with E-state index in [1.54, 1.807) is 31.6 Å². The number of benzene rings is 1. The lowest BCUT2D eigenvalue weighted by Gasteiger charge is -2.26. The van der Waals surface area contributed by atoms with Crippen molar-refractivity contribution in [2.75, 3.05) is 20.3 Å². The predicted molar refractivity (Wildman–Crippen MR) is 91.5 cm³/mol. The van der Waals surface area contributed by atoms with Gasteiger partial charge in [0.25, 0.3) is 5.91 Å². The van der Waals surface area contributed by atoms with Crippen LogP contribution >= 0.6 is 0 Å². The molecule has 0 unspecified atom stereocenters. The molecule has 0 fully saturated rings. The summed E-state index contributed by atoms with van der Waals surface area (Å²) in [7, 11) is 1.64. The molecule has 7 nitrogen and oxygen atoms in total. The maximum absolute atomic E-state index is 12.3. The number of hydrogen-bond donors (Lipinski definition) is 1. The van der Waals surface area contributed by atoms with Gasteiger partial charge in [-0.15, -0.1) is 0 Å². The highest BCUT2D eigenvalue weighted by molar-refractivity contribution is 5.94. The molecule has 0 aliphatic carbocycles. The summed E-state index contributed by atoms with van der Waals surface area (Å²) in [5, 5.41) is 2.97. The van der Waals surface area contributed by atoms with Crippen molar-refractivity contribution in [3.63, 3.8) is 0 Å². The van der Waals surface area contributed by atoms with Gasteiger partial charge in [-0.05, 0) is 24.3 Å². The zero-order chi connectivity index (χ0) is 17.2. The third-order valence-electron chi connectivity index (χ3n) is 4.32. The minimum absolute atomic E-state index is 0.00654. The molecule has 7 heteroatoms. The average molecular weight is 338 g/mol. The van der Waals surface area contributed by atoms with E-state index in [1.807, 2.05) is 18.2 Å². The minimum Gasteiger partial charge on any atom is -0.497 e. The van der Waals surface area contributed by atoms with E-state index in [0.717, 1.165) is 22.6 Å². The predicted octanol–water partition coefficient (Wildman–Crippen LogP) is 1.94. The molecule has 0 bridgehead atoms. The van der Waals surface area contributed by atoms with Crippen LogP contribution in [0.3, 0.4) is 0 Å². The van der Waals surface area contributed by atoms with Gasteiger partial charge in [0.2, 0.25) is 0 Å². The van der Waals surface area contributed by atoms with Crippen LogP contribution in [0.5, 0.6) is 5.75 Å². The summed E-state index contributed by atoms with van der Waals surface area (Å²) in [6.07, 6.45) is 3.21. The molecule has 1 N–H and O–H groups in total. The SMILES string of the molecule is COc1ccc2c(c1)nc1n2[C@@H](CNC(=O)c2ccncc2)COC1. The lowest BCUT2D eigenvalue weighted by Crippen LogP contribution is -2.35. The zero-order valence-corrected chi connectivity index (χ0v) is 13.8. The van der Waals surface area contributed by atoms with E-state index in [4.69, 9.17) is 9.47 Å². The lowest BCUT2D eigenvalue weighted by molar-refractivity contribution is 0.0553. The van der Waals surface area contributed by atoms with Gasteiger partial charge < -0.3 is 19.4 Å². The maximum atomic E-state index is 12.3. The van der Waals surface area contributed by atoms with Gasteiger partial charge in [-0.2, -0.15) is 0 Å². The minimum atomic E-state index is -0.124. The second-order valence-corrected chi connectivity index (χ2v) is 5.87. The average Bonchev–Trinajstić information content (AvgIpc) is 3.04. The number of methoxy groups -OCH3 is 1. The first-order valence-electron chi connectivity index (χ1n) is 8.07. The number of carbonyl (C=O) groups is 1. The van der Waals surface area contributed by atoms with Gasteiger partial charge in [-0.3, -0.25) is 9.78 Å². The van der Waals surface area contributed by atoms with Crippen LogP contribution in [0.1, 0.15) is 22.2 Å². The van der Waals surface area contributed by atoms with Crippen molar-refractivity contribution in [1.29, 1.82) is 0 Å². The molecule has 3 aromatic rings. The summed E-state index contributed by atoms with van der Waals surface area (Å²) >= 11 is 0. The fourth-order valence-electron chi connectivity index (χ4n) is 3.09. The Morgan fingerprint density at radius 2 is 2.20 bits per heavy atom. The van der Waals surface area contributed by atoms with Crippen LogP contribution in [0.2, 0.25) is 0 Å². The van der Waals surface area contributed by atoms with Gasteiger partial charge in [0.15, 0.2) is 0 Å². The summed E-state index contributed by atoms with van der Waals surface area (Å²) in [6, 6.07) is 9.20. The number of hydrogen-bond acceptors (Lipinski definition) is 5. The second-order valence-electron chi connectivity index (χ2n) is 5.87. The highest BCUT2D eigenvalue weighted by Gasteiger charge is 2.24. The largest absolute Gasteiger partial charge is 0.497 e. The quantitative estimate of drug-likeness (QED) is 0.786. The molecular formula is C18H18N4O3. The van der Waals surface area contributed by atoms with E-state index in [9.17, 15) is 4.79 Å². The highest BCUT2D eigenvalue weighted by atomic mass is 16.5. The van der Waals surface area contributed by atoms with Crippen LogP contribution in [-0.2, 0) is 11.3 Å². The van der Waals surface area contributed by atoms with Crippen molar-refractivity contribution in [1.82, 2.24) is 19.9 Å². The molecule has 0 spiro atoms. The number of nitrogens with zero attached hydrogens (tertiary/aromatic N) is 3. The molecule has 25 heavy (non-hydrogen) atoms. The van der Waals surface area contributed by atoms with Crippen LogP contribution in [0.25, 0.3) is 11.0 Å². The number of fused-ring (bicyclic) bond motifs is 3. The number of pyridine rings is 1. The molecular weight excluding hydrogens is 320 g/mol. The summed E-state index contributed by atoms with van der Waals surface area (Å²) in [6.45, 7) is 1.46. The summed E-state index contributed by atoms with van der Waals surface area (Å²) in [4.78, 5) is 20.8. The van der Waals surface area contributed by atoms with Crippen molar-refractivity contribution < 1.29 is 14.3 Å². The Bertz CT molecular complexity index is 907. The normalized spacial score (nSPS) is 16.4. The fraction of sp³-hybridized carbons (Fsp3) is 0.278. The molecule has 1 aromatic carbocycles. The molecule has 4 rings (SSSR count). The van der Waals surface area contributed by atoms with Gasteiger partial charge in [0.05, 0.1) is 30.8 Å². The number of carbonyl (C=O) groups excluding carboxylic acids is 1. The van der Waals surface area contributed by atoms with Gasteiger partial charge in [-0.1, -0.05) is 0 Å². The van der Waals surface area contributed by atoms with Crippen molar-refractivity contribution in [3.8, 4) is 5.75 Å². The Balaban J connectivity index is 1.58. The third-order valence-corrected chi connectivity index (χ3v) is 4.32. The van der Waals surface area contributed by atoms with E-state index in [1.165, 1.54) is 0 Å². The van der Waals surface area contributed by atoms with Crippen molar-refractivity contribution >= 4 is 16.9 Å². The Hall–Kier alpha value is -2.93. The summed E-state index contributed by atoms with van der Waals surface area (Å²) in [5.74, 6) is 1.50. The molecule has 128 valence electrons. The Kier molecular flexibility index (Phi) is 4.07. The van der Waals surface area contributed by atoms with Crippen molar-refractivity contribution in [2.45, 2.75) is 12.6 Å². The molecule has 3 heterocycles. The zero-order valence-electron chi connectivity index (χ0n) is 13.8. The number of nitrogens with one attached hydrogen (secondary N) is 1. The summed E-state index contributed by atoms with van der Waals surface area (Å²) < 4.78 is 13.1. The third kappa shape index (κ3) is 2.94. The van der Waals surface area contributed by atoms with Gasteiger partial charge in [-0.25, -0.2) is 4.98 Å². The number of ether oxygens (including phenoxy) is 2. The number of amides is 1. The number of imidazole rings is 1. The van der Waals surface area contributed by atoms with Gasteiger partial charge >= 0.3 is 0 Å². The van der Waals surface area contributed by atoms with E-state index in [2.05, 4.69) is 19.9 Å². The second kappa shape index (κ2) is 6.52. The van der Waals surface area contributed by atoms with Gasteiger partial charge in [0.1, 0.15) is 18.2 Å². The van der Waals surface area contributed by atoms with E-state index in [0.29, 0.717) is 25.3 Å². The van der Waals surface area contributed by atoms with Crippen LogP contribution < -0.4 is 10.1 Å². The van der Waals surface area contributed by atoms with Gasteiger partial charge in [0, 0.05) is 30.6 Å². The Morgan fingerprint density at radius 3 is 3.00 bits per heavy atom. The molecule has 0 saturated heterocycles. The van der Waals surface area contributed by atoms with E-state index >= 15 is 0 Å². The fourth-order valence-corrected chi connectivity index (χ4v) is 3.09. The molecule has 1 aliphatic heterocycles. The highest BCUT2D eigenvalue weighted by Crippen LogP contribution is 2.28. The molecule has 0 saturated carbocycles.